The summed E-state index contributed by atoms with van der Waals surface area (Å²) in [6.07, 6.45) is 0. The van der Waals surface area contributed by atoms with Crippen molar-refractivity contribution in [2.75, 3.05) is 18.0 Å². The van der Waals surface area contributed by atoms with Crippen LogP contribution in [0.15, 0.2) is 17.6 Å². The van der Waals surface area contributed by atoms with E-state index in [2.05, 4.69) is 4.98 Å². The molecule has 0 radical (unpaired) electrons. The number of thiazole rings is 1. The third-order valence-electron chi connectivity index (χ3n) is 3.91. The predicted molar refractivity (Wildman–Crippen MR) is 78.8 cm³/mol. The van der Waals surface area contributed by atoms with Crippen LogP contribution in [0.2, 0.25) is 0 Å². The lowest BCUT2D eigenvalue weighted by Crippen LogP contribution is -2.23. The molecule has 2 aromatic rings. The Bertz CT molecular complexity index is 729. The van der Waals surface area contributed by atoms with Crippen molar-refractivity contribution in [2.45, 2.75) is 6.92 Å². The van der Waals surface area contributed by atoms with Crippen LogP contribution in [0.3, 0.4) is 0 Å². The first-order valence-electron chi connectivity index (χ1n) is 6.47. The molecule has 1 aromatic heterocycles. The summed E-state index contributed by atoms with van der Waals surface area (Å²) < 4.78 is 0.757. The van der Waals surface area contributed by atoms with Crippen LogP contribution in [-0.4, -0.2) is 34.1 Å². The van der Waals surface area contributed by atoms with Gasteiger partial charge in [-0.2, -0.15) is 0 Å². The van der Waals surface area contributed by atoms with E-state index in [1.807, 2.05) is 6.92 Å². The number of aromatic nitrogens is 1. The van der Waals surface area contributed by atoms with E-state index in [-0.39, 0.29) is 18.2 Å². The number of carbonyl (C=O) groups is 1. The summed E-state index contributed by atoms with van der Waals surface area (Å²) in [5.74, 6) is -1.41. The van der Waals surface area contributed by atoms with Crippen LogP contribution in [0.4, 0.5) is 11.4 Å². The number of carboxylic acid groups (broad SMARTS) is 1. The second-order valence-electron chi connectivity index (χ2n) is 5.22. The van der Waals surface area contributed by atoms with Gasteiger partial charge in [0.1, 0.15) is 5.69 Å². The van der Waals surface area contributed by atoms with Crippen molar-refractivity contribution < 1.29 is 14.8 Å². The van der Waals surface area contributed by atoms with Crippen molar-refractivity contribution >= 4 is 38.9 Å². The first-order valence-corrected chi connectivity index (χ1v) is 7.35. The van der Waals surface area contributed by atoms with Crippen molar-refractivity contribution in [3.63, 3.8) is 0 Å². The molecule has 1 aliphatic heterocycles. The second kappa shape index (κ2) is 4.96. The Morgan fingerprint density at radius 2 is 2.29 bits per heavy atom. The number of aliphatic carboxylic acids is 1. The van der Waals surface area contributed by atoms with Gasteiger partial charge in [-0.25, -0.2) is 4.98 Å². The Morgan fingerprint density at radius 1 is 1.52 bits per heavy atom. The van der Waals surface area contributed by atoms with E-state index in [9.17, 15) is 20.0 Å². The fraction of sp³-hybridized carbons (Fsp3) is 0.385. The average Bonchev–Trinajstić information content (AvgIpc) is 3.02. The topological polar surface area (TPSA) is 96.6 Å². The minimum absolute atomic E-state index is 0.0352. The molecule has 0 unspecified atom stereocenters. The summed E-state index contributed by atoms with van der Waals surface area (Å²) >= 11 is 1.35. The summed E-state index contributed by atoms with van der Waals surface area (Å²) in [5.41, 5.74) is 2.36. The Labute approximate surface area is 124 Å². The van der Waals surface area contributed by atoms with Crippen LogP contribution in [0, 0.1) is 22.0 Å². The lowest BCUT2D eigenvalue weighted by Gasteiger charge is -2.18. The van der Waals surface area contributed by atoms with E-state index in [4.69, 9.17) is 0 Å². The van der Waals surface area contributed by atoms with E-state index >= 15 is 0 Å². The third-order valence-corrected chi connectivity index (χ3v) is 4.70. The highest BCUT2D eigenvalue weighted by molar-refractivity contribution is 7.16. The molecule has 1 saturated heterocycles. The van der Waals surface area contributed by atoms with Gasteiger partial charge in [-0.1, -0.05) is 6.92 Å². The number of anilines is 1. The molecule has 0 aliphatic carbocycles. The molecular weight excluding hydrogens is 294 g/mol. The second-order valence-corrected chi connectivity index (χ2v) is 6.10. The highest BCUT2D eigenvalue weighted by Gasteiger charge is 2.37. The first kappa shape index (κ1) is 13.7. The van der Waals surface area contributed by atoms with E-state index < -0.39 is 16.8 Å². The number of nitro benzene ring substituents is 1. The molecule has 1 aromatic carbocycles. The van der Waals surface area contributed by atoms with Crippen molar-refractivity contribution in [1.82, 2.24) is 4.98 Å². The molecule has 1 fully saturated rings. The molecule has 2 atom stereocenters. The average molecular weight is 307 g/mol. The van der Waals surface area contributed by atoms with E-state index in [1.165, 1.54) is 11.3 Å². The normalized spacial score (nSPS) is 21.9. The highest BCUT2D eigenvalue weighted by atomic mass is 32.1. The zero-order valence-corrected chi connectivity index (χ0v) is 12.0. The molecule has 2 heterocycles. The molecule has 1 aliphatic rings. The van der Waals surface area contributed by atoms with Gasteiger partial charge >= 0.3 is 11.7 Å². The molecule has 0 saturated carbocycles. The number of hydrogen-bond donors (Lipinski definition) is 1. The van der Waals surface area contributed by atoms with Crippen LogP contribution in [-0.2, 0) is 4.79 Å². The third kappa shape index (κ3) is 2.21. The van der Waals surface area contributed by atoms with Gasteiger partial charge in [-0.15, -0.1) is 11.3 Å². The number of carboxylic acids is 1. The largest absolute Gasteiger partial charge is 0.481 e. The zero-order valence-electron chi connectivity index (χ0n) is 11.2. The van der Waals surface area contributed by atoms with Gasteiger partial charge in [0.15, 0.2) is 5.52 Å². The predicted octanol–water partition coefficient (Wildman–Crippen LogP) is 2.36. The number of benzene rings is 1. The molecule has 8 heteroatoms. The Morgan fingerprint density at radius 3 is 2.90 bits per heavy atom. The Balaban J connectivity index is 2.07. The summed E-state index contributed by atoms with van der Waals surface area (Å²) in [4.78, 5) is 28.0. The Kier molecular flexibility index (Phi) is 3.25. The molecule has 110 valence electrons. The van der Waals surface area contributed by atoms with Gasteiger partial charge in [-0.3, -0.25) is 14.9 Å². The summed E-state index contributed by atoms with van der Waals surface area (Å²) in [6, 6.07) is 3.49. The van der Waals surface area contributed by atoms with Gasteiger partial charge in [0.2, 0.25) is 0 Å². The van der Waals surface area contributed by atoms with Crippen LogP contribution in [0.5, 0.6) is 0 Å². The standard InChI is InChI=1S/C13H13N3O4S/c1-7-4-15(5-8(7)13(17)18)9-2-3-10-11(14-6-21-10)12(9)16(19)20/h2-3,6-8H,4-5H2,1H3,(H,17,18)/t7-,8-/m1/s1. The molecule has 0 bridgehead atoms. The van der Waals surface area contributed by atoms with Gasteiger partial charge in [0.05, 0.1) is 21.1 Å². The summed E-state index contributed by atoms with van der Waals surface area (Å²) in [7, 11) is 0. The lowest BCUT2D eigenvalue weighted by molar-refractivity contribution is -0.382. The van der Waals surface area contributed by atoms with Gasteiger partial charge in [0, 0.05) is 13.1 Å². The van der Waals surface area contributed by atoms with Crippen LogP contribution < -0.4 is 4.90 Å². The van der Waals surface area contributed by atoms with Crippen molar-refractivity contribution in [3.8, 4) is 0 Å². The number of fused-ring (bicyclic) bond motifs is 1. The quantitative estimate of drug-likeness (QED) is 0.690. The number of hydrogen-bond acceptors (Lipinski definition) is 6. The maximum atomic E-state index is 11.4. The van der Waals surface area contributed by atoms with Crippen molar-refractivity contribution in [3.05, 3.63) is 27.8 Å². The van der Waals surface area contributed by atoms with E-state index in [0.29, 0.717) is 17.7 Å². The first-order chi connectivity index (χ1) is 9.99. The smallest absolute Gasteiger partial charge is 0.319 e. The number of nitrogens with zero attached hydrogens (tertiary/aromatic N) is 3. The van der Waals surface area contributed by atoms with Crippen LogP contribution >= 0.6 is 11.3 Å². The minimum Gasteiger partial charge on any atom is -0.481 e. The minimum atomic E-state index is -0.859. The van der Waals surface area contributed by atoms with Gasteiger partial charge < -0.3 is 10.0 Å². The maximum absolute atomic E-state index is 11.4. The fourth-order valence-corrected chi connectivity index (χ4v) is 3.51. The molecule has 0 spiro atoms. The lowest BCUT2D eigenvalue weighted by atomic mass is 9.99. The fourth-order valence-electron chi connectivity index (χ4n) is 2.83. The zero-order chi connectivity index (χ0) is 15.1. The van der Waals surface area contributed by atoms with Crippen molar-refractivity contribution in [1.29, 1.82) is 0 Å². The van der Waals surface area contributed by atoms with Gasteiger partial charge in [0.25, 0.3) is 0 Å². The highest BCUT2D eigenvalue weighted by Crippen LogP contribution is 2.39. The van der Waals surface area contributed by atoms with E-state index in [1.54, 1.807) is 22.5 Å². The monoisotopic (exact) mass is 307 g/mol. The van der Waals surface area contributed by atoms with Crippen molar-refractivity contribution in [2.24, 2.45) is 11.8 Å². The molecule has 3 rings (SSSR count). The molecular formula is C13H13N3O4S. The van der Waals surface area contributed by atoms with Crippen LogP contribution in [0.25, 0.3) is 10.2 Å². The summed E-state index contributed by atoms with van der Waals surface area (Å²) in [5, 5.41) is 20.6. The molecule has 21 heavy (non-hydrogen) atoms. The molecule has 1 N–H and O–H groups in total. The van der Waals surface area contributed by atoms with Crippen LogP contribution in [0.1, 0.15) is 6.92 Å². The van der Waals surface area contributed by atoms with Gasteiger partial charge in [-0.05, 0) is 18.1 Å². The molecule has 7 nitrogen and oxygen atoms in total. The van der Waals surface area contributed by atoms with E-state index in [0.717, 1.165) is 4.70 Å². The number of rotatable bonds is 3. The Hall–Kier alpha value is -2.22. The molecule has 0 amide bonds. The SMILES string of the molecule is C[C@@H]1CN(c2ccc3scnc3c2[N+](=O)[O-])C[C@H]1C(=O)O. The maximum Gasteiger partial charge on any atom is 0.319 e. The summed E-state index contributed by atoms with van der Waals surface area (Å²) in [6.45, 7) is 2.63. The number of nitro groups is 1.